The van der Waals surface area contributed by atoms with Gasteiger partial charge in [0.25, 0.3) is 0 Å². The number of aryl methyl sites for hydroxylation is 1. The normalized spacial score (nSPS) is 16.8. The lowest BCUT2D eigenvalue weighted by atomic mass is 9.96. The summed E-state index contributed by atoms with van der Waals surface area (Å²) in [6, 6.07) is 13.9. The third kappa shape index (κ3) is 5.54. The van der Waals surface area contributed by atoms with Crippen molar-refractivity contribution in [3.63, 3.8) is 0 Å². The second-order valence-corrected chi connectivity index (χ2v) is 10.3. The van der Waals surface area contributed by atoms with Crippen molar-refractivity contribution in [2.45, 2.75) is 37.1 Å². The molecule has 8 heteroatoms. The number of benzene rings is 2. The Kier molecular flexibility index (Phi) is 8.03. The van der Waals surface area contributed by atoms with Crippen molar-refractivity contribution in [1.82, 2.24) is 14.5 Å². The predicted molar refractivity (Wildman–Crippen MR) is 123 cm³/mol. The van der Waals surface area contributed by atoms with Crippen LogP contribution in [-0.2, 0) is 21.2 Å². The molecule has 32 heavy (non-hydrogen) atoms. The molecule has 3 rings (SSSR count). The fraction of sp³-hybridized carbons (Fsp3) is 0.458. The number of amides is 1. The zero-order valence-corrected chi connectivity index (χ0v) is 19.7. The molecule has 1 aliphatic heterocycles. The molecule has 0 aromatic heterocycles. The SMILES string of the molecule is CCc1ccc(C(CNC(=O)C2CCN(S(=O)(=O)c3ccccc3F)CC2)N(C)C)cc1. The van der Waals surface area contributed by atoms with Gasteiger partial charge in [0, 0.05) is 25.6 Å². The van der Waals surface area contributed by atoms with Crippen LogP contribution >= 0.6 is 0 Å². The summed E-state index contributed by atoms with van der Waals surface area (Å²) in [7, 11) is 0.0648. The molecule has 1 atom stereocenters. The number of nitrogens with one attached hydrogen (secondary N) is 1. The van der Waals surface area contributed by atoms with Gasteiger partial charge in [-0.3, -0.25) is 4.79 Å². The van der Waals surface area contributed by atoms with Crippen molar-refractivity contribution in [2.24, 2.45) is 5.92 Å². The fourth-order valence-corrected chi connectivity index (χ4v) is 5.60. The van der Waals surface area contributed by atoms with E-state index in [1.54, 1.807) is 0 Å². The number of halogens is 1. The van der Waals surface area contributed by atoms with Crippen LogP contribution in [-0.4, -0.2) is 57.3 Å². The van der Waals surface area contributed by atoms with Gasteiger partial charge in [0.2, 0.25) is 15.9 Å². The average Bonchev–Trinajstić information content (AvgIpc) is 2.79. The molecule has 1 aliphatic rings. The zero-order valence-electron chi connectivity index (χ0n) is 18.9. The summed E-state index contributed by atoms with van der Waals surface area (Å²) in [6.07, 6.45) is 1.81. The Balaban J connectivity index is 1.57. The van der Waals surface area contributed by atoms with Gasteiger partial charge in [0.1, 0.15) is 10.7 Å². The van der Waals surface area contributed by atoms with E-state index in [0.29, 0.717) is 19.4 Å². The van der Waals surface area contributed by atoms with E-state index in [9.17, 15) is 17.6 Å². The molecular weight excluding hydrogens is 429 g/mol. The lowest BCUT2D eigenvalue weighted by Crippen LogP contribution is -2.44. The first kappa shape index (κ1) is 24.4. The summed E-state index contributed by atoms with van der Waals surface area (Å²) in [4.78, 5) is 14.5. The minimum Gasteiger partial charge on any atom is -0.354 e. The summed E-state index contributed by atoms with van der Waals surface area (Å²) in [5.41, 5.74) is 2.41. The van der Waals surface area contributed by atoms with Crippen LogP contribution in [0.4, 0.5) is 4.39 Å². The van der Waals surface area contributed by atoms with Crippen molar-refractivity contribution >= 4 is 15.9 Å². The number of hydrogen-bond acceptors (Lipinski definition) is 4. The summed E-state index contributed by atoms with van der Waals surface area (Å²) in [6.45, 7) is 2.99. The summed E-state index contributed by atoms with van der Waals surface area (Å²) in [5.74, 6) is -1.08. The molecule has 6 nitrogen and oxygen atoms in total. The highest BCUT2D eigenvalue weighted by Crippen LogP contribution is 2.26. The Hall–Kier alpha value is -2.29. The van der Waals surface area contributed by atoms with E-state index in [4.69, 9.17) is 0 Å². The second-order valence-electron chi connectivity index (χ2n) is 8.43. The second kappa shape index (κ2) is 10.6. The molecular formula is C24H32FN3O3S. The molecule has 0 spiro atoms. The lowest BCUT2D eigenvalue weighted by molar-refractivity contribution is -0.126. The number of piperidine rings is 1. The monoisotopic (exact) mass is 461 g/mol. The molecule has 0 aliphatic carbocycles. The molecule has 1 N–H and O–H groups in total. The Labute approximate surface area is 190 Å². The van der Waals surface area contributed by atoms with E-state index >= 15 is 0 Å². The molecule has 1 fully saturated rings. The number of rotatable bonds is 8. The maximum Gasteiger partial charge on any atom is 0.245 e. The van der Waals surface area contributed by atoms with E-state index in [1.807, 2.05) is 14.1 Å². The molecule has 1 saturated heterocycles. The van der Waals surface area contributed by atoms with Crippen molar-refractivity contribution < 1.29 is 17.6 Å². The van der Waals surface area contributed by atoms with E-state index in [-0.39, 0.29) is 35.9 Å². The number of hydrogen-bond donors (Lipinski definition) is 1. The van der Waals surface area contributed by atoms with Gasteiger partial charge in [0.05, 0.1) is 6.04 Å². The highest BCUT2D eigenvalue weighted by atomic mass is 32.2. The van der Waals surface area contributed by atoms with E-state index in [0.717, 1.165) is 18.1 Å². The van der Waals surface area contributed by atoms with Crippen molar-refractivity contribution in [1.29, 1.82) is 0 Å². The maximum absolute atomic E-state index is 14.0. The molecule has 174 valence electrons. The fourth-order valence-electron chi connectivity index (χ4n) is 4.07. The summed E-state index contributed by atoms with van der Waals surface area (Å²) < 4.78 is 40.8. The van der Waals surface area contributed by atoms with Gasteiger partial charge >= 0.3 is 0 Å². The number of sulfonamides is 1. The highest BCUT2D eigenvalue weighted by molar-refractivity contribution is 7.89. The molecule has 0 saturated carbocycles. The standard InChI is InChI=1S/C24H32FN3O3S/c1-4-18-9-11-19(12-10-18)22(27(2)3)17-26-24(29)20-13-15-28(16-14-20)32(30,31)23-8-6-5-7-21(23)25/h5-12,20,22H,4,13-17H2,1-3H3,(H,26,29). The van der Waals surface area contributed by atoms with Crippen LogP contribution in [0, 0.1) is 11.7 Å². The number of nitrogens with zero attached hydrogens (tertiary/aromatic N) is 2. The molecule has 2 aromatic carbocycles. The third-order valence-electron chi connectivity index (χ3n) is 6.14. The zero-order chi connectivity index (χ0) is 23.3. The highest BCUT2D eigenvalue weighted by Gasteiger charge is 2.33. The molecule has 2 aromatic rings. The van der Waals surface area contributed by atoms with Gasteiger partial charge in [0.15, 0.2) is 0 Å². The van der Waals surface area contributed by atoms with Crippen LogP contribution < -0.4 is 5.32 Å². The number of carbonyl (C=O) groups is 1. The maximum atomic E-state index is 14.0. The Morgan fingerprint density at radius 2 is 1.75 bits per heavy atom. The van der Waals surface area contributed by atoms with Crippen LogP contribution in [0.25, 0.3) is 0 Å². The number of carbonyl (C=O) groups excluding carboxylic acids is 1. The van der Waals surface area contributed by atoms with Crippen molar-refractivity contribution in [3.05, 3.63) is 65.5 Å². The molecule has 1 amide bonds. The van der Waals surface area contributed by atoms with Gasteiger partial charge < -0.3 is 10.2 Å². The molecule has 0 radical (unpaired) electrons. The molecule has 0 bridgehead atoms. The topological polar surface area (TPSA) is 69.7 Å². The largest absolute Gasteiger partial charge is 0.354 e. The molecule has 1 heterocycles. The Bertz CT molecular complexity index is 1020. The Morgan fingerprint density at radius 1 is 1.12 bits per heavy atom. The van der Waals surface area contributed by atoms with Crippen LogP contribution in [0.3, 0.4) is 0 Å². The summed E-state index contributed by atoms with van der Waals surface area (Å²) in [5, 5.41) is 3.05. The minimum absolute atomic E-state index is 0.0476. The summed E-state index contributed by atoms with van der Waals surface area (Å²) >= 11 is 0. The third-order valence-corrected chi connectivity index (χ3v) is 8.08. The van der Waals surface area contributed by atoms with Gasteiger partial charge in [-0.25, -0.2) is 12.8 Å². The lowest BCUT2D eigenvalue weighted by Gasteiger charge is -2.31. The van der Waals surface area contributed by atoms with Gasteiger partial charge in [-0.2, -0.15) is 4.31 Å². The van der Waals surface area contributed by atoms with Crippen molar-refractivity contribution in [3.8, 4) is 0 Å². The average molecular weight is 462 g/mol. The number of likely N-dealkylation sites (N-methyl/N-ethyl adjacent to an activating group) is 1. The van der Waals surface area contributed by atoms with Crippen LogP contribution in [0.5, 0.6) is 0 Å². The van der Waals surface area contributed by atoms with Gasteiger partial charge in [-0.05, 0) is 56.6 Å². The quantitative estimate of drug-likeness (QED) is 0.656. The first-order valence-corrected chi connectivity index (χ1v) is 12.5. The first-order valence-electron chi connectivity index (χ1n) is 11.0. The van der Waals surface area contributed by atoms with Crippen LogP contribution in [0.2, 0.25) is 0 Å². The van der Waals surface area contributed by atoms with E-state index < -0.39 is 15.8 Å². The minimum atomic E-state index is -3.90. The van der Waals surface area contributed by atoms with E-state index in [2.05, 4.69) is 41.4 Å². The smallest absolute Gasteiger partial charge is 0.245 e. The van der Waals surface area contributed by atoms with Gasteiger partial charge in [-0.15, -0.1) is 0 Å². The van der Waals surface area contributed by atoms with Crippen LogP contribution in [0.1, 0.15) is 36.9 Å². The van der Waals surface area contributed by atoms with Crippen LogP contribution in [0.15, 0.2) is 53.4 Å². The van der Waals surface area contributed by atoms with Crippen molar-refractivity contribution in [2.75, 3.05) is 33.7 Å². The van der Waals surface area contributed by atoms with Gasteiger partial charge in [-0.1, -0.05) is 43.3 Å². The first-order chi connectivity index (χ1) is 15.2. The van der Waals surface area contributed by atoms with E-state index in [1.165, 1.54) is 28.1 Å². The molecule has 1 unspecified atom stereocenters. The predicted octanol–water partition coefficient (Wildman–Crippen LogP) is 3.21. The Morgan fingerprint density at radius 3 is 2.31 bits per heavy atom.